The summed E-state index contributed by atoms with van der Waals surface area (Å²) in [6.45, 7) is 0. The van der Waals surface area contributed by atoms with E-state index in [1.807, 2.05) is 24.3 Å². The number of carboxylic acids is 1. The standard InChI is InChI=1S/C13H18O3S/c1-16-11-6-8-12(9-7-11)17-10-4-2-3-5-13(14)15/h6-9H,2-5,10H2,1H3,(H,14,15). The van der Waals surface area contributed by atoms with Crippen LogP contribution in [0.15, 0.2) is 29.2 Å². The predicted molar refractivity (Wildman–Crippen MR) is 69.8 cm³/mol. The lowest BCUT2D eigenvalue weighted by molar-refractivity contribution is -0.137. The van der Waals surface area contributed by atoms with E-state index in [2.05, 4.69) is 0 Å². The molecule has 1 N–H and O–H groups in total. The lowest BCUT2D eigenvalue weighted by Gasteiger charge is -2.03. The van der Waals surface area contributed by atoms with Gasteiger partial charge in [0.15, 0.2) is 0 Å². The van der Waals surface area contributed by atoms with E-state index in [9.17, 15) is 4.79 Å². The lowest BCUT2D eigenvalue weighted by atomic mass is 10.2. The zero-order chi connectivity index (χ0) is 12.5. The van der Waals surface area contributed by atoms with Gasteiger partial charge in [-0.3, -0.25) is 4.79 Å². The average molecular weight is 254 g/mol. The highest BCUT2D eigenvalue weighted by Gasteiger charge is 1.98. The number of benzene rings is 1. The van der Waals surface area contributed by atoms with Crippen LogP contribution in [0.25, 0.3) is 0 Å². The molecule has 0 amide bonds. The third kappa shape index (κ3) is 6.22. The number of ether oxygens (including phenoxy) is 1. The van der Waals surface area contributed by atoms with Crippen LogP contribution in [0.1, 0.15) is 25.7 Å². The second kappa shape index (κ2) is 8.01. The monoisotopic (exact) mass is 254 g/mol. The first-order valence-electron chi connectivity index (χ1n) is 5.71. The van der Waals surface area contributed by atoms with Gasteiger partial charge in [-0.2, -0.15) is 0 Å². The highest BCUT2D eigenvalue weighted by Crippen LogP contribution is 2.22. The second-order valence-electron chi connectivity index (χ2n) is 3.73. The summed E-state index contributed by atoms with van der Waals surface area (Å²) < 4.78 is 5.08. The Hall–Kier alpha value is -1.16. The van der Waals surface area contributed by atoms with Gasteiger partial charge in [0.25, 0.3) is 0 Å². The molecule has 1 aromatic rings. The van der Waals surface area contributed by atoms with E-state index in [0.29, 0.717) is 0 Å². The molecule has 0 radical (unpaired) electrons. The number of hydrogen-bond acceptors (Lipinski definition) is 3. The van der Waals surface area contributed by atoms with Crippen LogP contribution in [0, 0.1) is 0 Å². The molecule has 0 aliphatic heterocycles. The van der Waals surface area contributed by atoms with Crippen molar-refractivity contribution in [1.29, 1.82) is 0 Å². The Morgan fingerprint density at radius 3 is 2.53 bits per heavy atom. The molecule has 0 aliphatic carbocycles. The van der Waals surface area contributed by atoms with Gasteiger partial charge in [-0.1, -0.05) is 6.42 Å². The van der Waals surface area contributed by atoms with Crippen molar-refractivity contribution in [1.82, 2.24) is 0 Å². The van der Waals surface area contributed by atoms with Crippen molar-refractivity contribution in [3.8, 4) is 5.75 Å². The molecule has 0 fully saturated rings. The fraction of sp³-hybridized carbons (Fsp3) is 0.462. The minimum absolute atomic E-state index is 0.285. The highest BCUT2D eigenvalue weighted by atomic mass is 32.2. The van der Waals surface area contributed by atoms with Crippen LogP contribution < -0.4 is 4.74 Å². The number of carbonyl (C=O) groups is 1. The van der Waals surface area contributed by atoms with Crippen LogP contribution in [0.4, 0.5) is 0 Å². The lowest BCUT2D eigenvalue weighted by Crippen LogP contribution is -1.93. The first kappa shape index (κ1) is 13.9. The van der Waals surface area contributed by atoms with Gasteiger partial charge in [0, 0.05) is 11.3 Å². The summed E-state index contributed by atoms with van der Waals surface area (Å²) >= 11 is 1.80. The molecule has 17 heavy (non-hydrogen) atoms. The highest BCUT2D eigenvalue weighted by molar-refractivity contribution is 7.99. The Bertz CT molecular complexity index is 335. The largest absolute Gasteiger partial charge is 0.497 e. The molecule has 94 valence electrons. The molecule has 0 bridgehead atoms. The molecule has 0 unspecified atom stereocenters. The van der Waals surface area contributed by atoms with Crippen LogP contribution in [-0.2, 0) is 4.79 Å². The van der Waals surface area contributed by atoms with Gasteiger partial charge < -0.3 is 9.84 Å². The van der Waals surface area contributed by atoms with Crippen molar-refractivity contribution >= 4 is 17.7 Å². The van der Waals surface area contributed by atoms with E-state index in [-0.39, 0.29) is 6.42 Å². The minimum Gasteiger partial charge on any atom is -0.497 e. The average Bonchev–Trinajstić information content (AvgIpc) is 2.34. The van der Waals surface area contributed by atoms with E-state index in [4.69, 9.17) is 9.84 Å². The summed E-state index contributed by atoms with van der Waals surface area (Å²) in [4.78, 5) is 11.5. The van der Waals surface area contributed by atoms with E-state index >= 15 is 0 Å². The zero-order valence-corrected chi connectivity index (χ0v) is 10.8. The molecule has 0 heterocycles. The van der Waals surface area contributed by atoms with Crippen molar-refractivity contribution in [2.24, 2.45) is 0 Å². The molecule has 0 spiro atoms. The van der Waals surface area contributed by atoms with E-state index in [0.717, 1.165) is 30.8 Å². The van der Waals surface area contributed by atoms with Gasteiger partial charge in [-0.05, 0) is 42.9 Å². The fourth-order valence-electron chi connectivity index (χ4n) is 1.42. The minimum atomic E-state index is -0.701. The van der Waals surface area contributed by atoms with Crippen molar-refractivity contribution in [3.05, 3.63) is 24.3 Å². The van der Waals surface area contributed by atoms with Gasteiger partial charge in [0.2, 0.25) is 0 Å². The van der Waals surface area contributed by atoms with Crippen LogP contribution in [-0.4, -0.2) is 23.9 Å². The Kier molecular flexibility index (Phi) is 6.55. The number of methoxy groups -OCH3 is 1. The summed E-state index contributed by atoms with van der Waals surface area (Å²) in [6.07, 6.45) is 3.10. The number of carboxylic acid groups (broad SMARTS) is 1. The molecular weight excluding hydrogens is 236 g/mol. The summed E-state index contributed by atoms with van der Waals surface area (Å²) in [6, 6.07) is 7.99. The normalized spacial score (nSPS) is 10.2. The van der Waals surface area contributed by atoms with Crippen molar-refractivity contribution in [3.63, 3.8) is 0 Å². The smallest absolute Gasteiger partial charge is 0.303 e. The number of rotatable bonds is 8. The maximum absolute atomic E-state index is 10.3. The first-order chi connectivity index (χ1) is 8.22. The molecule has 0 aromatic heterocycles. The zero-order valence-electron chi connectivity index (χ0n) is 10.0. The molecular formula is C13H18O3S. The van der Waals surface area contributed by atoms with Gasteiger partial charge in [-0.25, -0.2) is 0 Å². The van der Waals surface area contributed by atoms with E-state index < -0.39 is 5.97 Å². The second-order valence-corrected chi connectivity index (χ2v) is 4.90. The molecule has 1 aromatic carbocycles. The van der Waals surface area contributed by atoms with Crippen LogP contribution in [0.2, 0.25) is 0 Å². The predicted octanol–water partition coefficient (Wildman–Crippen LogP) is 3.43. The summed E-state index contributed by atoms with van der Waals surface area (Å²) in [5.74, 6) is 1.20. The Balaban J connectivity index is 2.11. The number of unbranched alkanes of at least 4 members (excludes halogenated alkanes) is 2. The maximum atomic E-state index is 10.3. The molecule has 1 rings (SSSR count). The number of hydrogen-bond donors (Lipinski definition) is 1. The fourth-order valence-corrected chi connectivity index (χ4v) is 2.33. The van der Waals surface area contributed by atoms with Crippen LogP contribution >= 0.6 is 11.8 Å². The Morgan fingerprint density at radius 2 is 1.94 bits per heavy atom. The molecule has 0 atom stereocenters. The third-order valence-corrected chi connectivity index (χ3v) is 3.46. The molecule has 4 heteroatoms. The topological polar surface area (TPSA) is 46.5 Å². The van der Waals surface area contributed by atoms with E-state index in [1.165, 1.54) is 4.90 Å². The van der Waals surface area contributed by atoms with Gasteiger partial charge >= 0.3 is 5.97 Å². The van der Waals surface area contributed by atoms with Crippen molar-refractivity contribution < 1.29 is 14.6 Å². The number of aliphatic carboxylic acids is 1. The molecule has 0 saturated heterocycles. The van der Waals surface area contributed by atoms with Gasteiger partial charge in [0.05, 0.1) is 7.11 Å². The maximum Gasteiger partial charge on any atom is 0.303 e. The SMILES string of the molecule is COc1ccc(SCCCCCC(=O)O)cc1. The van der Waals surface area contributed by atoms with Crippen LogP contribution in [0.3, 0.4) is 0 Å². The van der Waals surface area contributed by atoms with Gasteiger partial charge in [-0.15, -0.1) is 11.8 Å². The summed E-state index contributed by atoms with van der Waals surface area (Å²) in [5.41, 5.74) is 0. The summed E-state index contributed by atoms with van der Waals surface area (Å²) in [7, 11) is 1.66. The summed E-state index contributed by atoms with van der Waals surface area (Å²) in [5, 5.41) is 8.48. The van der Waals surface area contributed by atoms with Crippen LogP contribution in [0.5, 0.6) is 5.75 Å². The Labute approximate surface area is 106 Å². The molecule has 0 saturated carbocycles. The van der Waals surface area contributed by atoms with Crippen molar-refractivity contribution in [2.75, 3.05) is 12.9 Å². The van der Waals surface area contributed by atoms with Crippen molar-refractivity contribution in [2.45, 2.75) is 30.6 Å². The first-order valence-corrected chi connectivity index (χ1v) is 6.69. The Morgan fingerprint density at radius 1 is 1.24 bits per heavy atom. The van der Waals surface area contributed by atoms with Gasteiger partial charge in [0.1, 0.15) is 5.75 Å². The quantitative estimate of drug-likeness (QED) is 0.570. The number of thioether (sulfide) groups is 1. The molecule has 0 aliphatic rings. The molecule has 3 nitrogen and oxygen atoms in total. The van der Waals surface area contributed by atoms with E-state index in [1.54, 1.807) is 18.9 Å². The third-order valence-electron chi connectivity index (χ3n) is 2.36.